The Morgan fingerprint density at radius 2 is 1.88 bits per heavy atom. The summed E-state index contributed by atoms with van der Waals surface area (Å²) in [7, 11) is 3.12. The van der Waals surface area contributed by atoms with E-state index in [0.717, 1.165) is 59.0 Å². The van der Waals surface area contributed by atoms with Crippen LogP contribution >= 0.6 is 0 Å². The molecular formula is C26H26FN5O2. The van der Waals surface area contributed by atoms with E-state index >= 15 is 0 Å². The van der Waals surface area contributed by atoms with E-state index in [1.807, 2.05) is 48.0 Å². The summed E-state index contributed by atoms with van der Waals surface area (Å²) in [5.41, 5.74) is 4.66. The molecule has 2 aromatic carbocycles. The van der Waals surface area contributed by atoms with E-state index < -0.39 is 0 Å². The van der Waals surface area contributed by atoms with Crippen LogP contribution in [0.5, 0.6) is 11.5 Å². The van der Waals surface area contributed by atoms with E-state index in [4.69, 9.17) is 14.5 Å². The summed E-state index contributed by atoms with van der Waals surface area (Å²) in [6.45, 7) is 2.74. The Labute approximate surface area is 197 Å². The molecule has 0 radical (unpaired) electrons. The molecule has 0 saturated carbocycles. The van der Waals surface area contributed by atoms with Crippen molar-refractivity contribution in [3.8, 4) is 22.6 Å². The van der Waals surface area contributed by atoms with Gasteiger partial charge in [0.2, 0.25) is 5.95 Å². The van der Waals surface area contributed by atoms with Crippen LogP contribution < -0.4 is 14.8 Å². The molecule has 5 rings (SSSR count). The monoisotopic (exact) mass is 459 g/mol. The Morgan fingerprint density at radius 1 is 1.03 bits per heavy atom. The van der Waals surface area contributed by atoms with E-state index in [1.54, 1.807) is 19.4 Å². The van der Waals surface area contributed by atoms with Crippen LogP contribution in [0.2, 0.25) is 0 Å². The van der Waals surface area contributed by atoms with Crippen molar-refractivity contribution in [3.05, 3.63) is 77.6 Å². The Balaban J connectivity index is 1.42. The summed E-state index contributed by atoms with van der Waals surface area (Å²) in [6, 6.07) is 15.0. The Hall–Kier alpha value is -3.94. The van der Waals surface area contributed by atoms with Gasteiger partial charge >= 0.3 is 0 Å². The second-order valence-electron chi connectivity index (χ2n) is 8.33. The number of pyridine rings is 1. The van der Waals surface area contributed by atoms with Gasteiger partial charge in [0.25, 0.3) is 0 Å². The molecule has 1 atom stereocenters. The largest absolute Gasteiger partial charge is 0.496 e. The Morgan fingerprint density at radius 3 is 2.65 bits per heavy atom. The molecule has 0 amide bonds. The second kappa shape index (κ2) is 9.13. The fraction of sp³-hybridized carbons (Fsp3) is 0.269. The number of rotatable bonds is 6. The van der Waals surface area contributed by atoms with Crippen molar-refractivity contribution in [3.63, 3.8) is 0 Å². The van der Waals surface area contributed by atoms with Gasteiger partial charge in [-0.05, 0) is 67.3 Å². The molecule has 0 aliphatic carbocycles. The maximum absolute atomic E-state index is 14.3. The SMILES string of the molecule is COc1ccc(C2CCCn3nc(Nc4ccc(-c5ccnc(C)c5)c(OC)c4)nc32)cc1F. The number of nitrogens with zero attached hydrogens (tertiary/aromatic N) is 4. The lowest BCUT2D eigenvalue weighted by Gasteiger charge is -2.22. The maximum atomic E-state index is 14.3. The van der Waals surface area contributed by atoms with Gasteiger partial charge in [-0.1, -0.05) is 6.07 Å². The van der Waals surface area contributed by atoms with Gasteiger partial charge in [0.05, 0.1) is 14.2 Å². The third-order valence-corrected chi connectivity index (χ3v) is 6.12. The molecular weight excluding hydrogens is 433 g/mol. The zero-order valence-electron chi connectivity index (χ0n) is 19.4. The fourth-order valence-electron chi connectivity index (χ4n) is 4.47. The maximum Gasteiger partial charge on any atom is 0.246 e. The molecule has 1 aliphatic rings. The average molecular weight is 460 g/mol. The molecule has 1 unspecified atom stereocenters. The zero-order valence-corrected chi connectivity index (χ0v) is 19.4. The minimum absolute atomic E-state index is 0.0240. The van der Waals surface area contributed by atoms with Crippen LogP contribution in [0.3, 0.4) is 0 Å². The molecule has 1 aliphatic heterocycles. The van der Waals surface area contributed by atoms with Crippen molar-refractivity contribution in [1.29, 1.82) is 0 Å². The summed E-state index contributed by atoms with van der Waals surface area (Å²) in [5.74, 6) is 1.92. The van der Waals surface area contributed by atoms with Crippen molar-refractivity contribution in [1.82, 2.24) is 19.7 Å². The Bertz CT molecular complexity index is 1340. The molecule has 2 aromatic heterocycles. The van der Waals surface area contributed by atoms with Crippen LogP contribution in [0.4, 0.5) is 16.0 Å². The van der Waals surface area contributed by atoms with Gasteiger partial charge < -0.3 is 14.8 Å². The summed E-state index contributed by atoms with van der Waals surface area (Å²) in [4.78, 5) is 9.03. The number of halogens is 1. The number of ether oxygens (including phenoxy) is 2. The number of nitrogens with one attached hydrogen (secondary N) is 1. The third kappa shape index (κ3) is 4.19. The number of aromatic nitrogens is 4. The zero-order chi connectivity index (χ0) is 23.7. The van der Waals surface area contributed by atoms with E-state index in [1.165, 1.54) is 13.2 Å². The predicted octanol–water partition coefficient (Wildman–Crippen LogP) is 5.47. The van der Waals surface area contributed by atoms with Crippen LogP contribution in [0, 0.1) is 12.7 Å². The van der Waals surface area contributed by atoms with Crippen molar-refractivity contribution in [2.24, 2.45) is 0 Å². The number of anilines is 2. The molecule has 174 valence electrons. The van der Waals surface area contributed by atoms with Crippen LogP contribution in [0.15, 0.2) is 54.7 Å². The predicted molar refractivity (Wildman–Crippen MR) is 128 cm³/mol. The highest BCUT2D eigenvalue weighted by Crippen LogP contribution is 2.36. The number of fused-ring (bicyclic) bond motifs is 1. The van der Waals surface area contributed by atoms with Crippen LogP contribution in [0.1, 0.15) is 35.8 Å². The van der Waals surface area contributed by atoms with Gasteiger partial charge in [-0.2, -0.15) is 4.98 Å². The molecule has 0 bridgehead atoms. The molecule has 7 nitrogen and oxygen atoms in total. The quantitative estimate of drug-likeness (QED) is 0.412. The van der Waals surface area contributed by atoms with Gasteiger partial charge in [0.15, 0.2) is 11.6 Å². The van der Waals surface area contributed by atoms with Crippen LogP contribution in [-0.4, -0.2) is 34.0 Å². The third-order valence-electron chi connectivity index (χ3n) is 6.12. The van der Waals surface area contributed by atoms with E-state index in [9.17, 15) is 4.39 Å². The highest BCUT2D eigenvalue weighted by molar-refractivity contribution is 5.74. The molecule has 34 heavy (non-hydrogen) atoms. The molecule has 1 N–H and O–H groups in total. The van der Waals surface area contributed by atoms with Crippen molar-refractivity contribution in [2.75, 3.05) is 19.5 Å². The number of hydrogen-bond donors (Lipinski definition) is 1. The first-order valence-corrected chi connectivity index (χ1v) is 11.2. The van der Waals surface area contributed by atoms with E-state index in [-0.39, 0.29) is 17.5 Å². The minimum Gasteiger partial charge on any atom is -0.496 e. The highest BCUT2D eigenvalue weighted by atomic mass is 19.1. The lowest BCUT2D eigenvalue weighted by molar-refractivity contribution is 0.385. The van der Waals surface area contributed by atoms with E-state index in [0.29, 0.717) is 5.95 Å². The van der Waals surface area contributed by atoms with Gasteiger partial charge in [-0.3, -0.25) is 4.98 Å². The smallest absolute Gasteiger partial charge is 0.246 e. The molecule has 4 aromatic rings. The topological polar surface area (TPSA) is 74.1 Å². The summed E-state index contributed by atoms with van der Waals surface area (Å²) in [6.07, 6.45) is 3.63. The average Bonchev–Trinajstić information content (AvgIpc) is 3.26. The molecule has 0 saturated heterocycles. The number of aryl methyl sites for hydroxylation is 2. The lowest BCUT2D eigenvalue weighted by Crippen LogP contribution is -2.18. The van der Waals surface area contributed by atoms with Gasteiger partial charge in [-0.25, -0.2) is 9.07 Å². The summed E-state index contributed by atoms with van der Waals surface area (Å²) >= 11 is 0. The number of benzene rings is 2. The fourth-order valence-corrected chi connectivity index (χ4v) is 4.47. The summed E-state index contributed by atoms with van der Waals surface area (Å²) in [5, 5.41) is 7.95. The van der Waals surface area contributed by atoms with Gasteiger partial charge in [0, 0.05) is 41.7 Å². The molecule has 8 heteroatoms. The number of methoxy groups -OCH3 is 2. The molecule has 0 fully saturated rings. The van der Waals surface area contributed by atoms with E-state index in [2.05, 4.69) is 15.4 Å². The van der Waals surface area contributed by atoms with Crippen LogP contribution in [-0.2, 0) is 6.54 Å². The highest BCUT2D eigenvalue weighted by Gasteiger charge is 2.26. The number of hydrogen-bond acceptors (Lipinski definition) is 6. The van der Waals surface area contributed by atoms with Crippen molar-refractivity contribution >= 4 is 11.6 Å². The normalized spacial score (nSPS) is 15.0. The van der Waals surface area contributed by atoms with Crippen molar-refractivity contribution < 1.29 is 13.9 Å². The molecule has 0 spiro atoms. The first-order valence-electron chi connectivity index (χ1n) is 11.2. The van der Waals surface area contributed by atoms with Crippen molar-refractivity contribution in [2.45, 2.75) is 32.2 Å². The first kappa shape index (κ1) is 21.9. The lowest BCUT2D eigenvalue weighted by atomic mass is 9.91. The van der Waals surface area contributed by atoms with Gasteiger partial charge in [0.1, 0.15) is 11.6 Å². The van der Waals surface area contributed by atoms with Crippen LogP contribution in [0.25, 0.3) is 11.1 Å². The Kier molecular flexibility index (Phi) is 5.88. The van der Waals surface area contributed by atoms with Gasteiger partial charge in [-0.15, -0.1) is 5.10 Å². The standard InChI is InChI=1S/C26H26FN5O2/c1-16-13-18(10-11-28-16)20-8-7-19(15-24(20)34-3)29-26-30-25-21(5-4-12-32(25)31-26)17-6-9-23(33-2)22(27)14-17/h6-11,13-15,21H,4-5,12H2,1-3H3,(H,29,31). The second-order valence-corrected chi connectivity index (χ2v) is 8.33. The molecule has 3 heterocycles. The minimum atomic E-state index is -0.369. The first-order chi connectivity index (χ1) is 16.6. The summed E-state index contributed by atoms with van der Waals surface area (Å²) < 4.78 is 26.9.